The van der Waals surface area contributed by atoms with Gasteiger partial charge in [0.1, 0.15) is 6.10 Å². The molecule has 1 heterocycles. The molecule has 5 atom stereocenters. The largest absolute Gasteiger partial charge is 0.390 e. The first-order valence-corrected chi connectivity index (χ1v) is 5.69. The highest BCUT2D eigenvalue weighted by molar-refractivity contribution is 5.08. The van der Waals surface area contributed by atoms with Crippen LogP contribution in [0.5, 0.6) is 0 Å². The maximum atomic E-state index is 9.94. The first kappa shape index (κ1) is 14.1. The van der Waals surface area contributed by atoms with E-state index in [0.29, 0.717) is 6.61 Å². The molecule has 1 saturated heterocycles. The molecule has 0 aromatic carbocycles. The molecule has 1 aliphatic rings. The predicted octanol–water partition coefficient (Wildman–Crippen LogP) is 0.402. The SMILES string of the molecule is C=C/C=C/[C@H]1OC[C@@H]([C@@H](O)/C=C/[C@@H](C)O)[C@@H]1O. The number of allylic oxidation sites excluding steroid dienone is 2. The highest BCUT2D eigenvalue weighted by Crippen LogP contribution is 2.25. The summed E-state index contributed by atoms with van der Waals surface area (Å²) >= 11 is 0. The van der Waals surface area contributed by atoms with Crippen molar-refractivity contribution in [1.29, 1.82) is 0 Å². The van der Waals surface area contributed by atoms with Crippen LogP contribution in [0.15, 0.2) is 37.0 Å². The van der Waals surface area contributed by atoms with E-state index in [4.69, 9.17) is 9.84 Å². The van der Waals surface area contributed by atoms with Gasteiger partial charge in [-0.3, -0.25) is 0 Å². The normalized spacial score (nSPS) is 33.3. The summed E-state index contributed by atoms with van der Waals surface area (Å²) in [5, 5.41) is 28.8. The number of ether oxygens (including phenoxy) is 1. The van der Waals surface area contributed by atoms with Gasteiger partial charge < -0.3 is 20.1 Å². The van der Waals surface area contributed by atoms with Crippen LogP contribution < -0.4 is 0 Å². The number of rotatable bonds is 5. The Morgan fingerprint density at radius 2 is 2.06 bits per heavy atom. The van der Waals surface area contributed by atoms with Gasteiger partial charge in [-0.15, -0.1) is 0 Å². The zero-order valence-corrected chi connectivity index (χ0v) is 9.94. The average Bonchev–Trinajstić information content (AvgIpc) is 2.65. The summed E-state index contributed by atoms with van der Waals surface area (Å²) in [6, 6.07) is 0. The van der Waals surface area contributed by atoms with Crippen LogP contribution in [0.2, 0.25) is 0 Å². The molecule has 0 radical (unpaired) electrons. The lowest BCUT2D eigenvalue weighted by Gasteiger charge is -2.18. The quantitative estimate of drug-likeness (QED) is 0.480. The zero-order valence-electron chi connectivity index (χ0n) is 9.94. The second-order valence-electron chi connectivity index (χ2n) is 4.19. The minimum absolute atomic E-state index is 0.290. The summed E-state index contributed by atoms with van der Waals surface area (Å²) in [5.74, 6) is -0.371. The van der Waals surface area contributed by atoms with E-state index in [9.17, 15) is 10.2 Å². The molecule has 0 aliphatic carbocycles. The molecule has 0 unspecified atom stereocenters. The smallest absolute Gasteiger partial charge is 0.102 e. The van der Waals surface area contributed by atoms with Gasteiger partial charge in [-0.05, 0) is 6.92 Å². The number of aliphatic hydroxyl groups is 3. The molecule has 0 saturated carbocycles. The van der Waals surface area contributed by atoms with E-state index in [1.54, 1.807) is 25.2 Å². The Balaban J connectivity index is 2.56. The van der Waals surface area contributed by atoms with Crippen molar-refractivity contribution < 1.29 is 20.1 Å². The molecule has 0 aromatic rings. The molecule has 4 heteroatoms. The summed E-state index contributed by atoms with van der Waals surface area (Å²) in [5.41, 5.74) is 0. The third-order valence-electron chi connectivity index (χ3n) is 2.72. The fourth-order valence-electron chi connectivity index (χ4n) is 1.74. The Hall–Kier alpha value is -0.940. The Morgan fingerprint density at radius 1 is 1.35 bits per heavy atom. The second-order valence-corrected chi connectivity index (χ2v) is 4.19. The molecule has 96 valence electrons. The third-order valence-corrected chi connectivity index (χ3v) is 2.72. The molecule has 4 nitrogen and oxygen atoms in total. The van der Waals surface area contributed by atoms with Crippen molar-refractivity contribution in [3.05, 3.63) is 37.0 Å². The van der Waals surface area contributed by atoms with Crippen molar-refractivity contribution >= 4 is 0 Å². The van der Waals surface area contributed by atoms with E-state index in [0.717, 1.165) is 0 Å². The van der Waals surface area contributed by atoms with Crippen LogP contribution in [0.1, 0.15) is 6.92 Å². The lowest BCUT2D eigenvalue weighted by Crippen LogP contribution is -2.32. The Kier molecular flexibility index (Phi) is 5.58. The van der Waals surface area contributed by atoms with Crippen molar-refractivity contribution in [1.82, 2.24) is 0 Å². The number of aliphatic hydroxyl groups excluding tert-OH is 3. The van der Waals surface area contributed by atoms with Crippen molar-refractivity contribution in [2.24, 2.45) is 5.92 Å². The topological polar surface area (TPSA) is 69.9 Å². The molecule has 1 aliphatic heterocycles. The van der Waals surface area contributed by atoms with E-state index < -0.39 is 24.4 Å². The molecule has 0 spiro atoms. The number of hydrogen-bond donors (Lipinski definition) is 3. The van der Waals surface area contributed by atoms with Crippen molar-refractivity contribution in [3.8, 4) is 0 Å². The molecular weight excluding hydrogens is 220 g/mol. The summed E-state index contributed by atoms with van der Waals surface area (Å²) in [4.78, 5) is 0. The monoisotopic (exact) mass is 240 g/mol. The highest BCUT2D eigenvalue weighted by Gasteiger charge is 2.37. The second kappa shape index (κ2) is 6.71. The fraction of sp³-hybridized carbons (Fsp3) is 0.538. The molecule has 3 N–H and O–H groups in total. The molecule has 0 aromatic heterocycles. The third kappa shape index (κ3) is 4.09. The van der Waals surface area contributed by atoms with E-state index in [1.165, 1.54) is 12.2 Å². The van der Waals surface area contributed by atoms with Crippen LogP contribution in [-0.4, -0.2) is 46.3 Å². The minimum atomic E-state index is -0.818. The van der Waals surface area contributed by atoms with Crippen LogP contribution in [0.3, 0.4) is 0 Å². The fourth-order valence-corrected chi connectivity index (χ4v) is 1.74. The number of hydrogen-bond acceptors (Lipinski definition) is 4. The van der Waals surface area contributed by atoms with Gasteiger partial charge >= 0.3 is 0 Å². The average molecular weight is 240 g/mol. The molecule has 17 heavy (non-hydrogen) atoms. The van der Waals surface area contributed by atoms with Crippen molar-refractivity contribution in [2.45, 2.75) is 31.3 Å². The zero-order chi connectivity index (χ0) is 12.8. The Bertz CT molecular complexity index is 296. The van der Waals surface area contributed by atoms with Crippen molar-refractivity contribution in [2.75, 3.05) is 6.61 Å². The minimum Gasteiger partial charge on any atom is -0.390 e. The standard InChI is InChI=1S/C13H20O4/c1-3-4-5-12-13(16)10(8-17-12)11(15)7-6-9(2)14/h3-7,9-16H,1,8H2,2H3/b5-4+,7-6+/t9-,10+,11+,12-,13+/m1/s1. The van der Waals surface area contributed by atoms with Gasteiger partial charge in [0.25, 0.3) is 0 Å². The molecule has 0 amide bonds. The lowest BCUT2D eigenvalue weighted by atomic mass is 9.95. The van der Waals surface area contributed by atoms with Gasteiger partial charge in [0.15, 0.2) is 0 Å². The van der Waals surface area contributed by atoms with Gasteiger partial charge in [-0.25, -0.2) is 0 Å². The molecular formula is C13H20O4. The lowest BCUT2D eigenvalue weighted by molar-refractivity contribution is 0.0500. The summed E-state index contributed by atoms with van der Waals surface area (Å²) in [6.45, 7) is 5.43. The van der Waals surface area contributed by atoms with Gasteiger partial charge in [0.05, 0.1) is 24.9 Å². The molecule has 1 rings (SSSR count). The highest BCUT2D eigenvalue weighted by atomic mass is 16.5. The molecule has 0 bridgehead atoms. The predicted molar refractivity (Wildman–Crippen MR) is 65.4 cm³/mol. The van der Waals surface area contributed by atoms with Crippen molar-refractivity contribution in [3.63, 3.8) is 0 Å². The van der Waals surface area contributed by atoms with Gasteiger partial charge in [0.2, 0.25) is 0 Å². The van der Waals surface area contributed by atoms with Crippen LogP contribution >= 0.6 is 0 Å². The van der Waals surface area contributed by atoms with E-state index in [2.05, 4.69) is 6.58 Å². The Morgan fingerprint density at radius 3 is 2.65 bits per heavy atom. The molecule has 1 fully saturated rings. The Labute approximate surface area is 102 Å². The van der Waals surface area contributed by atoms with E-state index >= 15 is 0 Å². The van der Waals surface area contributed by atoms with Gasteiger partial charge in [-0.1, -0.05) is 37.0 Å². The van der Waals surface area contributed by atoms with Gasteiger partial charge in [-0.2, -0.15) is 0 Å². The van der Waals surface area contributed by atoms with Gasteiger partial charge in [0, 0.05) is 5.92 Å². The summed E-state index contributed by atoms with van der Waals surface area (Å²) < 4.78 is 5.37. The maximum absolute atomic E-state index is 9.94. The summed E-state index contributed by atoms with van der Waals surface area (Å²) in [7, 11) is 0. The van der Waals surface area contributed by atoms with Crippen LogP contribution in [-0.2, 0) is 4.74 Å². The van der Waals surface area contributed by atoms with Crippen LogP contribution in [0.25, 0.3) is 0 Å². The first-order valence-electron chi connectivity index (χ1n) is 5.69. The maximum Gasteiger partial charge on any atom is 0.102 e. The summed E-state index contributed by atoms with van der Waals surface area (Å²) in [6.07, 6.45) is 5.41. The van der Waals surface area contributed by atoms with E-state index in [1.807, 2.05) is 0 Å². The van der Waals surface area contributed by atoms with Crippen LogP contribution in [0.4, 0.5) is 0 Å². The first-order chi connectivity index (χ1) is 8.06. The van der Waals surface area contributed by atoms with E-state index in [-0.39, 0.29) is 5.92 Å². The van der Waals surface area contributed by atoms with Crippen LogP contribution in [0, 0.1) is 5.92 Å².